The molecule has 0 radical (unpaired) electrons. The summed E-state index contributed by atoms with van der Waals surface area (Å²) in [5.74, 6) is 2.69. The molecule has 1 aliphatic heterocycles. The number of aliphatic imine (C=N–C) groups is 1. The SMILES string of the molecule is CCCC1=C(N(C)N)c2ccccc2CN(C(=O)/C=C/C(=O)NCC(=O)NCC([O-])=N[C@H](C(=O)N[C@@H](C)C(C)=O)C(C)C)c2ccccc21. The highest BCUT2D eigenvalue weighted by Gasteiger charge is 2.27. The molecule has 0 spiro atoms. The Morgan fingerprint density at radius 3 is 2.27 bits per heavy atom. The van der Waals surface area contributed by atoms with Crippen LogP contribution in [0, 0.1) is 5.92 Å². The zero-order chi connectivity index (χ0) is 36.2. The highest BCUT2D eigenvalue weighted by atomic mass is 16.3. The van der Waals surface area contributed by atoms with Gasteiger partial charge < -0.3 is 31.0 Å². The number of amides is 4. The molecule has 1 aliphatic rings. The van der Waals surface area contributed by atoms with E-state index in [4.69, 9.17) is 5.84 Å². The molecule has 2 aromatic rings. The van der Waals surface area contributed by atoms with Crippen molar-refractivity contribution in [1.82, 2.24) is 21.0 Å². The molecule has 4 amide bonds. The van der Waals surface area contributed by atoms with Crippen LogP contribution in [0.15, 0.2) is 65.7 Å². The van der Waals surface area contributed by atoms with Gasteiger partial charge in [-0.05, 0) is 49.3 Å². The second kappa shape index (κ2) is 17.7. The maximum absolute atomic E-state index is 13.6. The van der Waals surface area contributed by atoms with E-state index in [0.717, 1.165) is 53.0 Å². The predicted octanol–water partition coefficient (Wildman–Crippen LogP) is 1.67. The largest absolute Gasteiger partial charge is 0.861 e. The fourth-order valence-electron chi connectivity index (χ4n) is 5.31. The number of fused-ring (bicyclic) bond motifs is 2. The van der Waals surface area contributed by atoms with Gasteiger partial charge in [-0.15, -0.1) is 0 Å². The Labute approximate surface area is 287 Å². The van der Waals surface area contributed by atoms with Crippen molar-refractivity contribution in [2.24, 2.45) is 16.8 Å². The van der Waals surface area contributed by atoms with Crippen LogP contribution in [0.3, 0.4) is 0 Å². The number of rotatable bonds is 14. The third-order valence-electron chi connectivity index (χ3n) is 7.91. The van der Waals surface area contributed by atoms with Crippen LogP contribution in [0.2, 0.25) is 0 Å². The number of anilines is 1. The molecule has 5 N–H and O–H groups in total. The van der Waals surface area contributed by atoms with Crippen LogP contribution in [0.25, 0.3) is 11.3 Å². The predicted molar refractivity (Wildman–Crippen MR) is 187 cm³/mol. The van der Waals surface area contributed by atoms with Crippen molar-refractivity contribution >= 4 is 52.3 Å². The number of nitrogens with two attached hydrogens (primary N) is 1. The number of hydrogen-bond donors (Lipinski definition) is 4. The molecular weight excluding hydrogens is 626 g/mol. The summed E-state index contributed by atoms with van der Waals surface area (Å²) >= 11 is 0. The number of nitrogens with one attached hydrogen (secondary N) is 3. The van der Waals surface area contributed by atoms with E-state index >= 15 is 0 Å². The van der Waals surface area contributed by atoms with E-state index in [2.05, 4.69) is 27.9 Å². The maximum atomic E-state index is 13.6. The highest BCUT2D eigenvalue weighted by Crippen LogP contribution is 2.40. The first kappa shape index (κ1) is 38.2. The van der Waals surface area contributed by atoms with Gasteiger partial charge >= 0.3 is 0 Å². The molecule has 13 heteroatoms. The molecule has 1 heterocycles. The molecule has 0 saturated heterocycles. The number of nitrogens with zero attached hydrogens (tertiary/aromatic N) is 3. The van der Waals surface area contributed by atoms with Gasteiger partial charge in [0.15, 0.2) is 5.78 Å². The van der Waals surface area contributed by atoms with Crippen molar-refractivity contribution in [1.29, 1.82) is 0 Å². The molecule has 2 atom stereocenters. The maximum Gasteiger partial charge on any atom is 0.251 e. The summed E-state index contributed by atoms with van der Waals surface area (Å²) in [6.07, 6.45) is 3.78. The van der Waals surface area contributed by atoms with E-state index in [1.807, 2.05) is 48.5 Å². The number of benzene rings is 2. The first-order chi connectivity index (χ1) is 23.2. The first-order valence-electron chi connectivity index (χ1n) is 16.2. The van der Waals surface area contributed by atoms with E-state index in [1.165, 1.54) is 13.8 Å². The van der Waals surface area contributed by atoms with Crippen LogP contribution >= 0.6 is 0 Å². The summed E-state index contributed by atoms with van der Waals surface area (Å²) in [6.45, 7) is 7.63. The minimum Gasteiger partial charge on any atom is -0.861 e. The van der Waals surface area contributed by atoms with Crippen LogP contribution in [-0.2, 0) is 30.5 Å². The van der Waals surface area contributed by atoms with Gasteiger partial charge in [0, 0.05) is 36.9 Å². The number of allylic oxidation sites excluding steroid dienone is 1. The average molecular weight is 673 g/mol. The standard InChI is InChI=1S/C36H47N7O6/c1-7-12-28-27-15-10-11-16-29(27)43(21-25-13-8-9-14-26(25)35(28)42(6)37)33(48)18-17-30(45)38-19-31(46)39-20-32(47)41-34(22(2)3)36(49)40-23(4)24(5)44/h8-11,13-18,22-23,34H,7,12,19-21,37H2,1-6H3,(H,38,45)(H,39,46)(H,40,49)(H,41,47)/p-1/b18-17+,35-28?/t23-,34-/m0/s1. The topological polar surface area (TPSA) is 189 Å². The number of Topliss-reactive ketones (excluding diaryl/α,β-unsaturated/α-hetero) is 1. The number of hydrazine groups is 1. The molecule has 0 aromatic heterocycles. The summed E-state index contributed by atoms with van der Waals surface area (Å²) < 4.78 is 0. The fraction of sp³-hybridized carbons (Fsp3) is 0.389. The molecular formula is C36H46N7O6-. The summed E-state index contributed by atoms with van der Waals surface area (Å²) in [5, 5.41) is 21.3. The molecule has 13 nitrogen and oxygen atoms in total. The molecule has 0 aliphatic carbocycles. The minimum atomic E-state index is -1.04. The third kappa shape index (κ3) is 10.3. The summed E-state index contributed by atoms with van der Waals surface area (Å²) in [7, 11) is 1.80. The lowest BCUT2D eigenvalue weighted by Gasteiger charge is -2.32. The Bertz CT molecular complexity index is 1650. The van der Waals surface area contributed by atoms with Crippen molar-refractivity contribution in [3.8, 4) is 0 Å². The lowest BCUT2D eigenvalue weighted by atomic mass is 9.90. The average Bonchev–Trinajstić information content (AvgIpc) is 3.05. The van der Waals surface area contributed by atoms with Gasteiger partial charge in [0.05, 0.1) is 30.5 Å². The molecule has 2 aromatic carbocycles. The van der Waals surface area contributed by atoms with Crippen LogP contribution in [0.1, 0.15) is 64.2 Å². The number of hydrogen-bond acceptors (Lipinski definition) is 9. The van der Waals surface area contributed by atoms with Crippen molar-refractivity contribution in [2.75, 3.05) is 25.0 Å². The van der Waals surface area contributed by atoms with Crippen LogP contribution < -0.4 is 31.8 Å². The second-order valence-electron chi connectivity index (χ2n) is 12.2. The first-order valence-corrected chi connectivity index (χ1v) is 16.2. The molecule has 0 fully saturated rings. The quantitative estimate of drug-likeness (QED) is 0.0767. The number of carbonyl (C=O) groups excluding carboxylic acids is 5. The zero-order valence-corrected chi connectivity index (χ0v) is 28.9. The van der Waals surface area contributed by atoms with Crippen LogP contribution in [0.4, 0.5) is 5.69 Å². The van der Waals surface area contributed by atoms with Gasteiger partial charge in [0.1, 0.15) is 6.04 Å². The van der Waals surface area contributed by atoms with Crippen molar-refractivity contribution in [3.05, 3.63) is 77.4 Å². The Kier molecular flexibility index (Phi) is 13.8. The van der Waals surface area contributed by atoms with Crippen molar-refractivity contribution < 1.29 is 29.1 Å². The number of carbonyl (C=O) groups is 5. The molecule has 3 rings (SSSR count). The lowest BCUT2D eigenvalue weighted by molar-refractivity contribution is -0.218. The van der Waals surface area contributed by atoms with E-state index < -0.39 is 54.7 Å². The van der Waals surface area contributed by atoms with E-state index in [1.54, 1.807) is 30.8 Å². The Balaban J connectivity index is 1.69. The normalized spacial score (nSPS) is 14.3. The molecule has 49 heavy (non-hydrogen) atoms. The van der Waals surface area contributed by atoms with Gasteiger partial charge in [-0.25, -0.2) is 5.84 Å². The van der Waals surface area contributed by atoms with Gasteiger partial charge in [0.25, 0.3) is 5.91 Å². The Morgan fingerprint density at radius 1 is 0.980 bits per heavy atom. The minimum absolute atomic E-state index is 0.227. The molecule has 0 saturated carbocycles. The lowest BCUT2D eigenvalue weighted by Crippen LogP contribution is -2.46. The van der Waals surface area contributed by atoms with Gasteiger partial charge in [-0.1, -0.05) is 69.7 Å². The molecule has 0 unspecified atom stereocenters. The monoisotopic (exact) mass is 672 g/mol. The van der Waals surface area contributed by atoms with Crippen molar-refractivity contribution in [2.45, 2.75) is 66.1 Å². The Hall–Kier alpha value is -5.30. The third-order valence-corrected chi connectivity index (χ3v) is 7.91. The van der Waals surface area contributed by atoms with Crippen molar-refractivity contribution in [3.63, 3.8) is 0 Å². The van der Waals surface area contributed by atoms with E-state index in [-0.39, 0.29) is 18.2 Å². The van der Waals surface area contributed by atoms with Gasteiger partial charge in [-0.3, -0.25) is 29.0 Å². The summed E-state index contributed by atoms with van der Waals surface area (Å²) in [6, 6.07) is 13.6. The molecule has 0 bridgehead atoms. The Morgan fingerprint density at radius 2 is 1.63 bits per heavy atom. The highest BCUT2D eigenvalue weighted by molar-refractivity contribution is 6.08. The molecule has 262 valence electrons. The second-order valence-corrected chi connectivity index (χ2v) is 12.2. The van der Waals surface area contributed by atoms with Crippen LogP contribution in [0.5, 0.6) is 0 Å². The van der Waals surface area contributed by atoms with Gasteiger partial charge in [-0.2, -0.15) is 0 Å². The summed E-state index contributed by atoms with van der Waals surface area (Å²) in [4.78, 5) is 68.1. The fourth-order valence-corrected chi connectivity index (χ4v) is 5.31. The number of para-hydroxylation sites is 1. The smallest absolute Gasteiger partial charge is 0.251 e. The van der Waals surface area contributed by atoms with E-state index in [9.17, 15) is 29.1 Å². The van der Waals surface area contributed by atoms with Crippen LogP contribution in [-0.4, -0.2) is 72.5 Å². The number of ketones is 1. The van der Waals surface area contributed by atoms with Gasteiger partial charge in [0.2, 0.25) is 17.7 Å². The zero-order valence-electron chi connectivity index (χ0n) is 28.9. The summed E-state index contributed by atoms with van der Waals surface area (Å²) in [5.41, 5.74) is 5.21. The van der Waals surface area contributed by atoms with E-state index in [0.29, 0.717) is 5.69 Å².